The van der Waals surface area contributed by atoms with Gasteiger partial charge in [0.1, 0.15) is 5.76 Å². The molecule has 0 saturated carbocycles. The Morgan fingerprint density at radius 3 is 2.49 bits per heavy atom. The first kappa shape index (κ1) is 26.4. The minimum Gasteiger partial charge on any atom is -0.493 e. The van der Waals surface area contributed by atoms with Gasteiger partial charge in [-0.3, -0.25) is 4.79 Å². The van der Waals surface area contributed by atoms with Gasteiger partial charge in [-0.15, -0.1) is 0 Å². The molecule has 37 heavy (non-hydrogen) atoms. The third-order valence-electron chi connectivity index (χ3n) is 6.05. The van der Waals surface area contributed by atoms with E-state index in [1.54, 1.807) is 7.11 Å². The van der Waals surface area contributed by atoms with Crippen LogP contribution in [-0.4, -0.2) is 26.5 Å². The van der Waals surface area contributed by atoms with Gasteiger partial charge in [-0.05, 0) is 61.2 Å². The van der Waals surface area contributed by atoms with Gasteiger partial charge in [0, 0.05) is 28.0 Å². The predicted molar refractivity (Wildman–Crippen MR) is 138 cm³/mol. The third kappa shape index (κ3) is 6.37. The standard InChI is InChI=1S/C25H22O6.C5H6.Fe/c1-27-23-12-16(5-4-10-28-25(26)17-6-2-3-7-17)11-19-14-21(31-24(19)23)18-8-9-20-22(13-18)30-15-29-20;1-2-4-5-3-1;/h2-3,6-9,11-14,17H,4-5,10,15H2,1H3;1-4H,5H2;. The van der Waals surface area contributed by atoms with Crippen molar-refractivity contribution in [1.82, 2.24) is 0 Å². The van der Waals surface area contributed by atoms with Crippen LogP contribution in [0.25, 0.3) is 22.3 Å². The van der Waals surface area contributed by atoms with Crippen molar-refractivity contribution in [2.75, 3.05) is 20.5 Å². The molecule has 0 N–H and O–H groups in total. The van der Waals surface area contributed by atoms with Crippen LogP contribution in [0.1, 0.15) is 18.4 Å². The van der Waals surface area contributed by atoms with E-state index in [4.69, 9.17) is 23.4 Å². The van der Waals surface area contributed by atoms with Crippen LogP contribution in [0.4, 0.5) is 0 Å². The summed E-state index contributed by atoms with van der Waals surface area (Å²) in [6.45, 7) is 0.616. The molecule has 0 saturated heterocycles. The minimum atomic E-state index is -0.253. The number of carbonyl (C=O) groups excluding carboxylic acids is 1. The van der Waals surface area contributed by atoms with Gasteiger partial charge in [0.15, 0.2) is 22.8 Å². The van der Waals surface area contributed by atoms with Gasteiger partial charge in [-0.2, -0.15) is 0 Å². The Morgan fingerprint density at radius 2 is 1.76 bits per heavy atom. The zero-order chi connectivity index (χ0) is 24.7. The molecule has 1 aliphatic heterocycles. The van der Waals surface area contributed by atoms with Crippen LogP contribution in [0.15, 0.2) is 89.4 Å². The summed E-state index contributed by atoms with van der Waals surface area (Å²) in [4.78, 5) is 12.0. The Bertz CT molecular complexity index is 1340. The molecule has 2 aromatic carbocycles. The summed E-state index contributed by atoms with van der Waals surface area (Å²) in [5, 5.41) is 0.959. The average Bonchev–Trinajstić information content (AvgIpc) is 3.72. The third-order valence-corrected chi connectivity index (χ3v) is 6.05. The molecule has 0 amide bonds. The first-order chi connectivity index (χ1) is 17.7. The van der Waals surface area contributed by atoms with E-state index in [-0.39, 0.29) is 35.7 Å². The molecular weight excluding hydrogens is 512 g/mol. The number of esters is 1. The molecule has 0 atom stereocenters. The molecular formula is C30H28FeO6. The SMILES string of the molecule is C1=CCC=C1.COc1cc(CCCOC(=O)C2C=CC=C2)cc2cc(-c3ccc4c(c3)OCO4)oc12.[Fe]. The largest absolute Gasteiger partial charge is 0.493 e. The number of furan rings is 1. The molecule has 0 radical (unpaired) electrons. The van der Waals surface area contributed by atoms with Crippen LogP contribution in [0, 0.1) is 5.92 Å². The van der Waals surface area contributed by atoms with Crippen molar-refractivity contribution in [2.24, 2.45) is 5.92 Å². The minimum absolute atomic E-state index is 0. The molecule has 192 valence electrons. The number of hydrogen-bond donors (Lipinski definition) is 0. The summed E-state index contributed by atoms with van der Waals surface area (Å²) in [7, 11) is 1.63. The summed E-state index contributed by atoms with van der Waals surface area (Å²) in [5.74, 6) is 2.40. The number of rotatable bonds is 7. The molecule has 6 rings (SSSR count). The Hall–Kier alpha value is -3.67. The van der Waals surface area contributed by atoms with E-state index in [0.29, 0.717) is 23.7 Å². The summed E-state index contributed by atoms with van der Waals surface area (Å²) >= 11 is 0. The number of fused-ring (bicyclic) bond motifs is 2. The average molecular weight is 540 g/mol. The Kier molecular flexibility index (Phi) is 8.94. The second-order valence-corrected chi connectivity index (χ2v) is 8.55. The summed E-state index contributed by atoms with van der Waals surface area (Å²) < 4.78 is 27.9. The van der Waals surface area contributed by atoms with E-state index in [1.165, 1.54) is 0 Å². The molecule has 3 aliphatic rings. The Morgan fingerprint density at radius 1 is 0.973 bits per heavy atom. The molecule has 0 fully saturated rings. The van der Waals surface area contributed by atoms with Crippen molar-refractivity contribution in [1.29, 1.82) is 0 Å². The van der Waals surface area contributed by atoms with Crippen molar-refractivity contribution in [3.05, 3.63) is 90.6 Å². The van der Waals surface area contributed by atoms with Crippen LogP contribution < -0.4 is 14.2 Å². The number of methoxy groups -OCH3 is 1. The van der Waals surface area contributed by atoms with Crippen molar-refractivity contribution in [3.63, 3.8) is 0 Å². The van der Waals surface area contributed by atoms with Crippen LogP contribution in [0.3, 0.4) is 0 Å². The maximum absolute atomic E-state index is 12.0. The zero-order valence-corrected chi connectivity index (χ0v) is 21.6. The van der Waals surface area contributed by atoms with Crippen molar-refractivity contribution >= 4 is 16.9 Å². The van der Waals surface area contributed by atoms with E-state index in [0.717, 1.165) is 47.3 Å². The summed E-state index contributed by atoms with van der Waals surface area (Å²) in [5.41, 5.74) is 2.70. The molecule has 2 heterocycles. The fourth-order valence-electron chi connectivity index (χ4n) is 4.20. The van der Waals surface area contributed by atoms with Gasteiger partial charge in [-0.25, -0.2) is 0 Å². The van der Waals surface area contributed by atoms with E-state index in [9.17, 15) is 4.79 Å². The number of hydrogen-bond acceptors (Lipinski definition) is 6. The number of aryl methyl sites for hydroxylation is 1. The molecule has 3 aromatic rings. The van der Waals surface area contributed by atoms with E-state index < -0.39 is 0 Å². The monoisotopic (exact) mass is 540 g/mol. The molecule has 0 spiro atoms. The number of benzene rings is 2. The summed E-state index contributed by atoms with van der Waals surface area (Å²) in [6, 6.07) is 11.8. The molecule has 1 aromatic heterocycles. The maximum Gasteiger partial charge on any atom is 0.316 e. The molecule has 0 unspecified atom stereocenters. The van der Waals surface area contributed by atoms with Crippen LogP contribution in [0.5, 0.6) is 17.2 Å². The Balaban J connectivity index is 0.000000479. The number of ether oxygens (including phenoxy) is 4. The van der Waals surface area contributed by atoms with E-state index in [2.05, 4.69) is 30.4 Å². The Labute approximate surface area is 226 Å². The molecule has 7 heteroatoms. The fraction of sp³-hybridized carbons (Fsp3) is 0.233. The topological polar surface area (TPSA) is 67.1 Å². The second-order valence-electron chi connectivity index (χ2n) is 8.55. The van der Waals surface area contributed by atoms with Gasteiger partial charge in [0.05, 0.1) is 19.6 Å². The normalized spacial score (nSPS) is 14.5. The number of carbonyl (C=O) groups is 1. The predicted octanol–water partition coefficient (Wildman–Crippen LogP) is 6.56. The van der Waals surface area contributed by atoms with Gasteiger partial charge in [0.25, 0.3) is 0 Å². The van der Waals surface area contributed by atoms with Crippen molar-refractivity contribution in [2.45, 2.75) is 19.3 Å². The molecule has 2 aliphatic carbocycles. The van der Waals surface area contributed by atoms with Crippen LogP contribution in [0.2, 0.25) is 0 Å². The van der Waals surface area contributed by atoms with Crippen LogP contribution in [-0.2, 0) is 33.0 Å². The van der Waals surface area contributed by atoms with Gasteiger partial charge in [-0.1, -0.05) is 48.6 Å². The van der Waals surface area contributed by atoms with Gasteiger partial charge >= 0.3 is 5.97 Å². The van der Waals surface area contributed by atoms with Crippen molar-refractivity contribution < 1.29 is 45.2 Å². The quantitative estimate of drug-likeness (QED) is 0.192. The first-order valence-electron chi connectivity index (χ1n) is 12.0. The van der Waals surface area contributed by atoms with E-state index >= 15 is 0 Å². The van der Waals surface area contributed by atoms with E-state index in [1.807, 2.05) is 54.6 Å². The smallest absolute Gasteiger partial charge is 0.316 e. The number of allylic oxidation sites excluding steroid dienone is 6. The second kappa shape index (κ2) is 12.5. The van der Waals surface area contributed by atoms with Gasteiger partial charge in [0.2, 0.25) is 6.79 Å². The summed E-state index contributed by atoms with van der Waals surface area (Å²) in [6.07, 6.45) is 18.4. The molecule has 0 bridgehead atoms. The maximum atomic E-state index is 12.0. The zero-order valence-electron chi connectivity index (χ0n) is 20.5. The first-order valence-corrected chi connectivity index (χ1v) is 12.0. The van der Waals surface area contributed by atoms with Gasteiger partial charge < -0.3 is 23.4 Å². The van der Waals surface area contributed by atoms with Crippen LogP contribution >= 0.6 is 0 Å². The van der Waals surface area contributed by atoms with Crippen molar-refractivity contribution in [3.8, 4) is 28.6 Å². The molecule has 6 nitrogen and oxygen atoms in total. The fourth-order valence-corrected chi connectivity index (χ4v) is 4.20.